The maximum atomic E-state index is 5.42. The molecule has 0 fully saturated rings. The summed E-state index contributed by atoms with van der Waals surface area (Å²) in [6.07, 6.45) is 4.40. The standard InChI is InChI=1S/C16H25NO2/c1-5-11-17-12-7-8-13(2)16-14(18-3)9-6-10-15(16)19-4/h6,8-10,17H,5,7,11-12H2,1-4H3/b13-8-. The van der Waals surface area contributed by atoms with Gasteiger partial charge in [-0.1, -0.05) is 19.1 Å². The maximum absolute atomic E-state index is 5.42. The highest BCUT2D eigenvalue weighted by molar-refractivity contribution is 5.74. The Balaban J connectivity index is 2.79. The Morgan fingerprint density at radius 1 is 1.16 bits per heavy atom. The number of benzene rings is 1. The SMILES string of the molecule is CCCNCC/C=C(/C)c1c(OC)cccc1OC. The van der Waals surface area contributed by atoms with Crippen molar-refractivity contribution in [1.82, 2.24) is 5.32 Å². The predicted molar refractivity (Wildman–Crippen MR) is 81.0 cm³/mol. The van der Waals surface area contributed by atoms with E-state index in [0.717, 1.165) is 36.6 Å². The van der Waals surface area contributed by atoms with Gasteiger partial charge in [-0.2, -0.15) is 0 Å². The van der Waals surface area contributed by atoms with Crippen molar-refractivity contribution in [2.24, 2.45) is 0 Å². The molecule has 0 aliphatic carbocycles. The summed E-state index contributed by atoms with van der Waals surface area (Å²) in [5, 5.41) is 3.39. The van der Waals surface area contributed by atoms with Gasteiger partial charge in [-0.15, -0.1) is 0 Å². The molecule has 0 saturated heterocycles. The molecule has 106 valence electrons. The molecular weight excluding hydrogens is 238 g/mol. The minimum Gasteiger partial charge on any atom is -0.496 e. The lowest BCUT2D eigenvalue weighted by Gasteiger charge is -2.13. The van der Waals surface area contributed by atoms with Gasteiger partial charge in [0.25, 0.3) is 0 Å². The second-order valence-corrected chi connectivity index (χ2v) is 4.46. The zero-order valence-electron chi connectivity index (χ0n) is 12.5. The minimum absolute atomic E-state index is 0.856. The van der Waals surface area contributed by atoms with E-state index in [1.54, 1.807) is 14.2 Å². The molecule has 0 amide bonds. The first-order valence-electron chi connectivity index (χ1n) is 6.83. The van der Waals surface area contributed by atoms with Gasteiger partial charge < -0.3 is 14.8 Å². The summed E-state index contributed by atoms with van der Waals surface area (Å²) in [6, 6.07) is 5.87. The summed E-state index contributed by atoms with van der Waals surface area (Å²) < 4.78 is 10.8. The number of rotatable bonds is 8. The molecule has 1 N–H and O–H groups in total. The van der Waals surface area contributed by atoms with E-state index in [9.17, 15) is 0 Å². The average Bonchev–Trinajstić information content (AvgIpc) is 2.45. The second-order valence-electron chi connectivity index (χ2n) is 4.46. The van der Waals surface area contributed by atoms with Crippen LogP contribution in [-0.2, 0) is 0 Å². The Labute approximate surface area is 116 Å². The van der Waals surface area contributed by atoms with Crippen LogP contribution in [0.4, 0.5) is 0 Å². The molecule has 0 aliphatic rings. The lowest BCUT2D eigenvalue weighted by molar-refractivity contribution is 0.392. The molecule has 0 aromatic heterocycles. The van der Waals surface area contributed by atoms with Crippen LogP contribution in [0.5, 0.6) is 11.5 Å². The molecule has 1 rings (SSSR count). The molecule has 3 heteroatoms. The van der Waals surface area contributed by atoms with Crippen LogP contribution in [0.2, 0.25) is 0 Å². The van der Waals surface area contributed by atoms with Gasteiger partial charge in [-0.3, -0.25) is 0 Å². The van der Waals surface area contributed by atoms with Crippen LogP contribution in [-0.4, -0.2) is 27.3 Å². The predicted octanol–water partition coefficient (Wildman–Crippen LogP) is 3.50. The first-order chi connectivity index (χ1) is 9.24. The summed E-state index contributed by atoms with van der Waals surface area (Å²) in [5.74, 6) is 1.71. The average molecular weight is 263 g/mol. The number of methoxy groups -OCH3 is 2. The van der Waals surface area contributed by atoms with Gasteiger partial charge in [0.2, 0.25) is 0 Å². The van der Waals surface area contributed by atoms with Gasteiger partial charge in [-0.05, 0) is 50.6 Å². The number of hydrogen-bond donors (Lipinski definition) is 1. The van der Waals surface area contributed by atoms with Crippen LogP contribution >= 0.6 is 0 Å². The number of allylic oxidation sites excluding steroid dienone is 1. The normalized spacial score (nSPS) is 11.5. The summed E-state index contributed by atoms with van der Waals surface area (Å²) in [7, 11) is 3.38. The fourth-order valence-electron chi connectivity index (χ4n) is 2.03. The van der Waals surface area contributed by atoms with Gasteiger partial charge in [0.1, 0.15) is 11.5 Å². The third kappa shape index (κ3) is 4.60. The maximum Gasteiger partial charge on any atom is 0.130 e. The smallest absolute Gasteiger partial charge is 0.130 e. The van der Waals surface area contributed by atoms with Gasteiger partial charge in [-0.25, -0.2) is 0 Å². The van der Waals surface area contributed by atoms with Crippen molar-refractivity contribution in [3.63, 3.8) is 0 Å². The van der Waals surface area contributed by atoms with E-state index in [1.165, 1.54) is 12.0 Å². The van der Waals surface area contributed by atoms with Crippen molar-refractivity contribution in [3.05, 3.63) is 29.8 Å². The quantitative estimate of drug-likeness (QED) is 0.728. The topological polar surface area (TPSA) is 30.5 Å². The second kappa shape index (κ2) is 8.59. The van der Waals surface area contributed by atoms with Gasteiger partial charge in [0.15, 0.2) is 0 Å². The molecule has 1 aromatic rings. The Kier molecular flexibility index (Phi) is 7.04. The lowest BCUT2D eigenvalue weighted by Crippen LogP contribution is -2.15. The summed E-state index contributed by atoms with van der Waals surface area (Å²) in [6.45, 7) is 6.35. The molecular formula is C16H25NO2. The zero-order chi connectivity index (χ0) is 14.1. The van der Waals surface area contributed by atoms with Crippen molar-refractivity contribution in [2.75, 3.05) is 27.3 Å². The van der Waals surface area contributed by atoms with Crippen molar-refractivity contribution in [2.45, 2.75) is 26.7 Å². The Bertz CT molecular complexity index is 391. The molecule has 3 nitrogen and oxygen atoms in total. The molecule has 0 bridgehead atoms. The van der Waals surface area contributed by atoms with E-state index >= 15 is 0 Å². The molecule has 1 aromatic carbocycles. The Morgan fingerprint density at radius 3 is 2.32 bits per heavy atom. The molecule has 0 heterocycles. The number of nitrogens with one attached hydrogen (secondary N) is 1. The van der Waals surface area contributed by atoms with Crippen molar-refractivity contribution < 1.29 is 9.47 Å². The first kappa shape index (κ1) is 15.6. The molecule has 0 spiro atoms. The molecule has 0 saturated carbocycles. The minimum atomic E-state index is 0.856. The van der Waals surface area contributed by atoms with Crippen LogP contribution in [0.1, 0.15) is 32.3 Å². The summed E-state index contributed by atoms with van der Waals surface area (Å²) in [5.41, 5.74) is 2.23. The summed E-state index contributed by atoms with van der Waals surface area (Å²) >= 11 is 0. The third-order valence-electron chi connectivity index (χ3n) is 3.02. The highest BCUT2D eigenvalue weighted by atomic mass is 16.5. The van der Waals surface area contributed by atoms with Gasteiger partial charge >= 0.3 is 0 Å². The van der Waals surface area contributed by atoms with Crippen molar-refractivity contribution in [1.29, 1.82) is 0 Å². The van der Waals surface area contributed by atoms with Crippen LogP contribution < -0.4 is 14.8 Å². The van der Waals surface area contributed by atoms with Crippen molar-refractivity contribution in [3.8, 4) is 11.5 Å². The van der Waals surface area contributed by atoms with Crippen LogP contribution in [0.3, 0.4) is 0 Å². The van der Waals surface area contributed by atoms with E-state index in [2.05, 4.69) is 25.2 Å². The highest BCUT2D eigenvalue weighted by Gasteiger charge is 2.10. The molecule has 19 heavy (non-hydrogen) atoms. The molecule has 0 atom stereocenters. The van der Waals surface area contributed by atoms with Gasteiger partial charge in [0.05, 0.1) is 19.8 Å². The Hall–Kier alpha value is -1.48. The third-order valence-corrected chi connectivity index (χ3v) is 3.02. The van der Waals surface area contributed by atoms with E-state index in [0.29, 0.717) is 0 Å². The molecule has 0 aliphatic heterocycles. The van der Waals surface area contributed by atoms with Gasteiger partial charge in [0, 0.05) is 0 Å². The van der Waals surface area contributed by atoms with Crippen LogP contribution in [0.15, 0.2) is 24.3 Å². The largest absolute Gasteiger partial charge is 0.496 e. The van der Waals surface area contributed by atoms with Crippen molar-refractivity contribution >= 4 is 5.57 Å². The fourth-order valence-corrected chi connectivity index (χ4v) is 2.03. The van der Waals surface area contributed by atoms with Crippen LogP contribution in [0.25, 0.3) is 5.57 Å². The van der Waals surface area contributed by atoms with Crippen LogP contribution in [0, 0.1) is 0 Å². The molecule has 0 unspecified atom stereocenters. The monoisotopic (exact) mass is 263 g/mol. The van der Waals surface area contributed by atoms with E-state index < -0.39 is 0 Å². The Morgan fingerprint density at radius 2 is 1.79 bits per heavy atom. The fraction of sp³-hybridized carbons (Fsp3) is 0.500. The number of ether oxygens (including phenoxy) is 2. The first-order valence-corrected chi connectivity index (χ1v) is 6.83. The summed E-state index contributed by atoms with van der Waals surface area (Å²) in [4.78, 5) is 0. The molecule has 0 radical (unpaired) electrons. The highest BCUT2D eigenvalue weighted by Crippen LogP contribution is 2.34. The lowest BCUT2D eigenvalue weighted by atomic mass is 10.0. The number of hydrogen-bond acceptors (Lipinski definition) is 3. The van der Waals surface area contributed by atoms with E-state index in [4.69, 9.17) is 9.47 Å². The zero-order valence-corrected chi connectivity index (χ0v) is 12.5. The van der Waals surface area contributed by atoms with E-state index in [-0.39, 0.29) is 0 Å². The van der Waals surface area contributed by atoms with E-state index in [1.807, 2.05) is 18.2 Å².